The van der Waals surface area contributed by atoms with Crippen LogP contribution in [0.4, 0.5) is 0 Å². The van der Waals surface area contributed by atoms with E-state index < -0.39 is 11.1 Å². The molecule has 2 aliphatic rings. The number of phenolic OH excluding ortho intramolecular Hbond substituents is 1. The topological polar surface area (TPSA) is 63.9 Å². The fraction of sp³-hybridized carbons (Fsp3) is 0.312. The van der Waals surface area contributed by atoms with E-state index in [1.165, 1.54) is 11.1 Å². The van der Waals surface area contributed by atoms with Gasteiger partial charge in [-0.3, -0.25) is 0 Å². The molecule has 2 heterocycles. The Kier molecular flexibility index (Phi) is 4.82. The average molecular weight is 493 g/mol. The molecule has 1 aliphatic heterocycles. The predicted octanol–water partition coefficient (Wildman–Crippen LogP) is 7.50. The van der Waals surface area contributed by atoms with Gasteiger partial charge >= 0.3 is 0 Å². The third kappa shape index (κ3) is 3.09. The minimum atomic E-state index is -0.583. The van der Waals surface area contributed by atoms with Crippen molar-refractivity contribution in [2.45, 2.75) is 58.1 Å². The molecule has 0 fully saturated rings. The normalized spacial score (nSPS) is 23.8. The Morgan fingerprint density at radius 3 is 2.32 bits per heavy atom. The molecule has 0 bridgehead atoms. The largest absolute Gasteiger partial charge is 0.506 e. The number of hydrogen-bond donors (Lipinski definition) is 1. The van der Waals surface area contributed by atoms with Crippen molar-refractivity contribution in [3.05, 3.63) is 95.6 Å². The third-order valence-corrected chi connectivity index (χ3v) is 8.30. The highest BCUT2D eigenvalue weighted by Crippen LogP contribution is 2.67. The fourth-order valence-electron chi connectivity index (χ4n) is 7.11. The molecule has 1 aliphatic carbocycles. The highest BCUT2D eigenvalue weighted by molar-refractivity contribution is 5.97. The maximum Gasteiger partial charge on any atom is 0.219 e. The van der Waals surface area contributed by atoms with Crippen LogP contribution in [0, 0.1) is 5.41 Å². The van der Waals surface area contributed by atoms with Crippen molar-refractivity contribution in [2.24, 2.45) is 10.4 Å². The molecule has 5 heteroatoms. The van der Waals surface area contributed by atoms with Crippen LogP contribution in [0.3, 0.4) is 0 Å². The Labute approximate surface area is 217 Å². The zero-order chi connectivity index (χ0) is 26.2. The lowest BCUT2D eigenvalue weighted by molar-refractivity contribution is -0.115. The summed E-state index contributed by atoms with van der Waals surface area (Å²) in [5.41, 5.74) is 2.26. The first-order valence-corrected chi connectivity index (χ1v) is 12.7. The minimum absolute atomic E-state index is 0.126. The van der Waals surface area contributed by atoms with E-state index in [1.54, 1.807) is 18.2 Å². The van der Waals surface area contributed by atoms with Crippen LogP contribution in [0.5, 0.6) is 17.4 Å². The highest BCUT2D eigenvalue weighted by Gasteiger charge is 2.74. The quantitative estimate of drug-likeness (QED) is 0.322. The van der Waals surface area contributed by atoms with E-state index >= 15 is 0 Å². The summed E-state index contributed by atoms with van der Waals surface area (Å²) in [5.74, 6) is 1.78. The number of fused-ring (bicyclic) bond motifs is 4. The molecule has 188 valence electrons. The van der Waals surface area contributed by atoms with E-state index in [9.17, 15) is 5.11 Å². The lowest BCUT2D eigenvalue weighted by Crippen LogP contribution is -2.62. The molecule has 5 nitrogen and oxygen atoms in total. The molecular formula is C32H32N2O3. The molecule has 6 rings (SSSR count). The van der Waals surface area contributed by atoms with Gasteiger partial charge in [0.25, 0.3) is 0 Å². The van der Waals surface area contributed by atoms with Gasteiger partial charge in [0.15, 0.2) is 5.60 Å². The van der Waals surface area contributed by atoms with Crippen LogP contribution in [0.2, 0.25) is 0 Å². The van der Waals surface area contributed by atoms with Crippen molar-refractivity contribution in [3.63, 3.8) is 0 Å². The van der Waals surface area contributed by atoms with Gasteiger partial charge in [0.2, 0.25) is 11.8 Å². The van der Waals surface area contributed by atoms with Gasteiger partial charge in [-0.05, 0) is 48.4 Å². The molecule has 0 saturated heterocycles. The molecule has 4 aromatic rings. The number of nitrogens with zero attached hydrogens (tertiary/aromatic N) is 2. The smallest absolute Gasteiger partial charge is 0.219 e. The Balaban J connectivity index is 1.41. The summed E-state index contributed by atoms with van der Waals surface area (Å²) in [5, 5.41) is 11.1. The second-order valence-electron chi connectivity index (χ2n) is 11.8. The fourth-order valence-corrected chi connectivity index (χ4v) is 7.11. The number of benzene rings is 3. The number of rotatable bonds is 3. The van der Waals surface area contributed by atoms with Crippen LogP contribution in [-0.4, -0.2) is 21.6 Å². The van der Waals surface area contributed by atoms with Gasteiger partial charge in [-0.2, -0.15) is 0 Å². The van der Waals surface area contributed by atoms with Crippen LogP contribution >= 0.6 is 0 Å². The van der Waals surface area contributed by atoms with Gasteiger partial charge < -0.3 is 14.6 Å². The maximum atomic E-state index is 10.2. The minimum Gasteiger partial charge on any atom is -0.506 e. The van der Waals surface area contributed by atoms with Crippen LogP contribution in [0.25, 0.3) is 10.9 Å². The lowest BCUT2D eigenvalue weighted by atomic mass is 9.57. The predicted molar refractivity (Wildman–Crippen MR) is 147 cm³/mol. The first kappa shape index (κ1) is 23.5. The summed E-state index contributed by atoms with van der Waals surface area (Å²) >= 11 is 0. The first-order chi connectivity index (χ1) is 17.5. The maximum absolute atomic E-state index is 10.2. The molecular weight excluding hydrogens is 460 g/mol. The monoisotopic (exact) mass is 492 g/mol. The highest BCUT2D eigenvalue weighted by atomic mass is 16.5. The van der Waals surface area contributed by atoms with Gasteiger partial charge in [0, 0.05) is 27.8 Å². The van der Waals surface area contributed by atoms with Gasteiger partial charge in [-0.1, -0.05) is 77.1 Å². The van der Waals surface area contributed by atoms with Crippen molar-refractivity contribution in [3.8, 4) is 17.4 Å². The van der Waals surface area contributed by atoms with Crippen molar-refractivity contribution in [2.75, 3.05) is 0 Å². The van der Waals surface area contributed by atoms with Gasteiger partial charge in [-0.25, -0.2) is 9.98 Å². The number of aromatic hydroxyl groups is 1. The number of pyridine rings is 1. The third-order valence-electron chi connectivity index (χ3n) is 8.30. The number of hydrogen-bond acceptors (Lipinski definition) is 5. The zero-order valence-electron chi connectivity index (χ0n) is 22.2. The van der Waals surface area contributed by atoms with Crippen LogP contribution in [0.15, 0.2) is 83.9 Å². The van der Waals surface area contributed by atoms with E-state index in [-0.39, 0.29) is 16.6 Å². The number of aliphatic imine (C=N–C) groups is 1. The second kappa shape index (κ2) is 7.58. The van der Waals surface area contributed by atoms with E-state index in [2.05, 4.69) is 70.8 Å². The molecule has 1 aromatic heterocycles. The lowest BCUT2D eigenvalue weighted by Gasteiger charge is -2.52. The number of aromatic nitrogens is 1. The molecule has 0 unspecified atom stereocenters. The Morgan fingerprint density at radius 2 is 1.57 bits per heavy atom. The zero-order valence-corrected chi connectivity index (χ0v) is 22.2. The van der Waals surface area contributed by atoms with E-state index in [1.807, 2.05) is 36.4 Å². The number of phenols is 1. The summed E-state index contributed by atoms with van der Waals surface area (Å²) in [4.78, 5) is 9.83. The van der Waals surface area contributed by atoms with Gasteiger partial charge in [0.05, 0.1) is 0 Å². The van der Waals surface area contributed by atoms with Crippen molar-refractivity contribution < 1.29 is 14.6 Å². The van der Waals surface area contributed by atoms with Gasteiger partial charge in [-0.15, -0.1) is 0 Å². The summed E-state index contributed by atoms with van der Waals surface area (Å²) in [7, 11) is 0. The van der Waals surface area contributed by atoms with Crippen LogP contribution < -0.4 is 4.74 Å². The molecule has 0 amide bonds. The van der Waals surface area contributed by atoms with Crippen LogP contribution in [-0.2, 0) is 15.7 Å². The summed E-state index contributed by atoms with van der Waals surface area (Å²) in [6.07, 6.45) is 0. The number of para-hydroxylation sites is 1. The van der Waals surface area contributed by atoms with E-state index in [4.69, 9.17) is 14.5 Å². The molecule has 1 N–H and O–H groups in total. The summed E-state index contributed by atoms with van der Waals surface area (Å²) < 4.78 is 13.2. The Hall–Kier alpha value is -3.86. The second-order valence-corrected chi connectivity index (χ2v) is 11.8. The molecule has 37 heavy (non-hydrogen) atoms. The number of ether oxygens (including phenoxy) is 2. The molecule has 0 spiro atoms. The molecule has 0 radical (unpaired) electrons. The van der Waals surface area contributed by atoms with Crippen molar-refractivity contribution in [1.29, 1.82) is 0 Å². The van der Waals surface area contributed by atoms with E-state index in [0.717, 1.165) is 10.9 Å². The molecule has 2 atom stereocenters. The van der Waals surface area contributed by atoms with Crippen molar-refractivity contribution in [1.82, 2.24) is 4.98 Å². The standard InChI is InChI=1S/C32H32N2O3/c1-29(2,3)32-30(4,5)23-14-7-8-15-24(23)31(32,6)34-28(37-32)21-12-9-13-22(19-21)36-26-18-17-20-11-10-16-25(35)27(20)33-26/h7-19,35H,1-6H3/t31-,32+/m0/s1. The molecule has 0 saturated carbocycles. The SMILES string of the molecule is CC(C)(C)[C@]12OC(c3cccc(Oc4ccc5cccc(O)c5n4)c3)=N[C@@]1(C)c1ccccc1C2(C)C. The summed E-state index contributed by atoms with van der Waals surface area (Å²) in [6.45, 7) is 13.5. The van der Waals surface area contributed by atoms with Gasteiger partial charge in [0.1, 0.15) is 22.6 Å². The van der Waals surface area contributed by atoms with Crippen LogP contribution in [0.1, 0.15) is 58.2 Å². The van der Waals surface area contributed by atoms with Crippen molar-refractivity contribution >= 4 is 16.8 Å². The van der Waals surface area contributed by atoms with E-state index in [0.29, 0.717) is 23.0 Å². The average Bonchev–Trinajstić information content (AvgIpc) is 3.27. The Bertz CT molecular complexity index is 1580. The Morgan fingerprint density at radius 1 is 0.838 bits per heavy atom. The summed E-state index contributed by atoms with van der Waals surface area (Å²) in [6, 6.07) is 25.4. The molecule has 3 aromatic carbocycles. The first-order valence-electron chi connectivity index (χ1n) is 12.7.